The van der Waals surface area contributed by atoms with Gasteiger partial charge >= 0.3 is 0 Å². The average molecular weight is 279 g/mol. The molecule has 0 heterocycles. The van der Waals surface area contributed by atoms with Crippen molar-refractivity contribution in [3.8, 4) is 11.5 Å². The molecule has 5 heteroatoms. The van der Waals surface area contributed by atoms with Crippen molar-refractivity contribution in [3.05, 3.63) is 23.8 Å². The van der Waals surface area contributed by atoms with Crippen LogP contribution in [-0.4, -0.2) is 30.3 Å². The lowest BCUT2D eigenvalue weighted by molar-refractivity contribution is -0.127. The lowest BCUT2D eigenvalue weighted by Crippen LogP contribution is -2.37. The minimum atomic E-state index is -0.672. The van der Waals surface area contributed by atoms with Crippen molar-refractivity contribution < 1.29 is 19.4 Å². The fraction of sp³-hybridized carbons (Fsp3) is 0.533. The summed E-state index contributed by atoms with van der Waals surface area (Å²) in [6.45, 7) is 3.35. The van der Waals surface area contributed by atoms with Crippen LogP contribution < -0.4 is 14.8 Å². The van der Waals surface area contributed by atoms with E-state index in [0.29, 0.717) is 23.1 Å². The number of carbonyl (C=O) groups excluding carboxylic acids is 1. The predicted molar refractivity (Wildman–Crippen MR) is 74.9 cm³/mol. The summed E-state index contributed by atoms with van der Waals surface area (Å²) in [7, 11) is 1.56. The van der Waals surface area contributed by atoms with Gasteiger partial charge in [0, 0.05) is 17.7 Å². The van der Waals surface area contributed by atoms with Crippen LogP contribution >= 0.6 is 0 Å². The van der Waals surface area contributed by atoms with Crippen molar-refractivity contribution in [2.45, 2.75) is 44.9 Å². The number of methoxy groups -OCH3 is 1. The first-order valence-corrected chi connectivity index (χ1v) is 6.84. The number of ether oxygens (including phenoxy) is 2. The standard InChI is InChI=1S/C15H21NO4/c1-9(17)13-7-6-12(19-3)8-14(13)20-10(2)15(18)16-11-4-5-11/h6-11,17H,4-5H2,1-3H3,(H,16,18). The van der Waals surface area contributed by atoms with Crippen molar-refractivity contribution in [2.24, 2.45) is 0 Å². The lowest BCUT2D eigenvalue weighted by atomic mass is 10.1. The molecule has 110 valence electrons. The molecule has 1 aliphatic rings. The Morgan fingerprint density at radius 2 is 2.10 bits per heavy atom. The summed E-state index contributed by atoms with van der Waals surface area (Å²) in [4.78, 5) is 11.9. The largest absolute Gasteiger partial charge is 0.497 e. The van der Waals surface area contributed by atoms with Crippen LogP contribution in [0.3, 0.4) is 0 Å². The zero-order chi connectivity index (χ0) is 14.7. The van der Waals surface area contributed by atoms with Crippen LogP contribution in [0, 0.1) is 0 Å². The van der Waals surface area contributed by atoms with E-state index in [-0.39, 0.29) is 5.91 Å². The van der Waals surface area contributed by atoms with E-state index in [2.05, 4.69) is 5.32 Å². The van der Waals surface area contributed by atoms with Gasteiger partial charge in [-0.2, -0.15) is 0 Å². The maximum atomic E-state index is 11.9. The summed E-state index contributed by atoms with van der Waals surface area (Å²) in [6, 6.07) is 5.48. The van der Waals surface area contributed by atoms with Gasteiger partial charge in [0.2, 0.25) is 0 Å². The Balaban J connectivity index is 2.10. The van der Waals surface area contributed by atoms with Crippen molar-refractivity contribution in [2.75, 3.05) is 7.11 Å². The number of aliphatic hydroxyl groups is 1. The molecule has 0 aromatic heterocycles. The molecular weight excluding hydrogens is 258 g/mol. The van der Waals surface area contributed by atoms with E-state index in [4.69, 9.17) is 9.47 Å². The fourth-order valence-corrected chi connectivity index (χ4v) is 1.88. The first-order chi connectivity index (χ1) is 9.51. The second-order valence-electron chi connectivity index (χ2n) is 5.12. The van der Waals surface area contributed by atoms with Gasteiger partial charge in [0.25, 0.3) is 5.91 Å². The van der Waals surface area contributed by atoms with E-state index < -0.39 is 12.2 Å². The van der Waals surface area contributed by atoms with Gasteiger partial charge in [0.05, 0.1) is 13.2 Å². The smallest absolute Gasteiger partial charge is 0.260 e. The monoisotopic (exact) mass is 279 g/mol. The van der Waals surface area contributed by atoms with E-state index in [1.165, 1.54) is 0 Å². The number of amides is 1. The first-order valence-electron chi connectivity index (χ1n) is 6.84. The molecule has 0 aliphatic heterocycles. The number of benzene rings is 1. The third-order valence-corrected chi connectivity index (χ3v) is 3.27. The van der Waals surface area contributed by atoms with Crippen molar-refractivity contribution in [3.63, 3.8) is 0 Å². The minimum Gasteiger partial charge on any atom is -0.497 e. The quantitative estimate of drug-likeness (QED) is 0.833. The van der Waals surface area contributed by atoms with Crippen LogP contribution in [-0.2, 0) is 4.79 Å². The minimum absolute atomic E-state index is 0.133. The molecule has 2 rings (SSSR count). The normalized spacial score (nSPS) is 17.2. The summed E-state index contributed by atoms with van der Waals surface area (Å²) in [6.07, 6.45) is 0.794. The lowest BCUT2D eigenvalue weighted by Gasteiger charge is -2.19. The van der Waals surface area contributed by atoms with Crippen LogP contribution in [0.25, 0.3) is 0 Å². The summed E-state index contributed by atoms with van der Waals surface area (Å²) in [5, 5.41) is 12.6. The van der Waals surface area contributed by atoms with E-state index >= 15 is 0 Å². The zero-order valence-corrected chi connectivity index (χ0v) is 12.1. The molecule has 1 aromatic rings. The predicted octanol–water partition coefficient (Wildman–Crippen LogP) is 1.79. The van der Waals surface area contributed by atoms with Crippen LogP contribution in [0.4, 0.5) is 0 Å². The fourth-order valence-electron chi connectivity index (χ4n) is 1.88. The highest BCUT2D eigenvalue weighted by atomic mass is 16.5. The Labute approximate surface area is 118 Å². The van der Waals surface area contributed by atoms with E-state index in [0.717, 1.165) is 12.8 Å². The molecule has 1 aromatic carbocycles. The Kier molecular flexibility index (Phi) is 4.49. The van der Waals surface area contributed by atoms with Crippen molar-refractivity contribution in [1.29, 1.82) is 0 Å². The first kappa shape index (κ1) is 14.7. The summed E-state index contributed by atoms with van der Waals surface area (Å²) in [5.74, 6) is 0.962. The van der Waals surface area contributed by atoms with E-state index in [9.17, 15) is 9.90 Å². The zero-order valence-electron chi connectivity index (χ0n) is 12.1. The molecule has 1 aliphatic carbocycles. The second-order valence-corrected chi connectivity index (χ2v) is 5.12. The molecule has 0 saturated heterocycles. The molecule has 1 saturated carbocycles. The number of hydrogen-bond donors (Lipinski definition) is 2. The van der Waals surface area contributed by atoms with Gasteiger partial charge in [-0.05, 0) is 38.8 Å². The average Bonchev–Trinajstić information content (AvgIpc) is 3.22. The third kappa shape index (κ3) is 3.63. The van der Waals surface area contributed by atoms with Gasteiger partial charge in [-0.15, -0.1) is 0 Å². The molecule has 5 nitrogen and oxygen atoms in total. The molecule has 2 unspecified atom stereocenters. The third-order valence-electron chi connectivity index (χ3n) is 3.27. The molecule has 0 bridgehead atoms. The topological polar surface area (TPSA) is 67.8 Å². The van der Waals surface area contributed by atoms with Gasteiger partial charge in [-0.1, -0.05) is 0 Å². The molecule has 1 fully saturated rings. The Bertz CT molecular complexity index is 483. The van der Waals surface area contributed by atoms with Crippen molar-refractivity contribution in [1.82, 2.24) is 5.32 Å². The van der Waals surface area contributed by atoms with Gasteiger partial charge in [0.1, 0.15) is 11.5 Å². The summed E-state index contributed by atoms with van der Waals surface area (Å²) < 4.78 is 10.8. The molecule has 0 radical (unpaired) electrons. The summed E-state index contributed by atoms with van der Waals surface area (Å²) in [5.41, 5.74) is 0.636. The number of hydrogen-bond acceptors (Lipinski definition) is 4. The highest BCUT2D eigenvalue weighted by Gasteiger charge is 2.27. The Morgan fingerprint density at radius 1 is 1.40 bits per heavy atom. The maximum absolute atomic E-state index is 11.9. The van der Waals surface area contributed by atoms with Crippen LogP contribution in [0.15, 0.2) is 18.2 Å². The maximum Gasteiger partial charge on any atom is 0.260 e. The highest BCUT2D eigenvalue weighted by molar-refractivity contribution is 5.81. The van der Waals surface area contributed by atoms with Gasteiger partial charge < -0.3 is 19.9 Å². The van der Waals surface area contributed by atoms with Gasteiger partial charge in [-0.25, -0.2) is 0 Å². The van der Waals surface area contributed by atoms with Gasteiger partial charge in [-0.3, -0.25) is 4.79 Å². The van der Waals surface area contributed by atoms with Crippen LogP contribution in [0.1, 0.15) is 38.4 Å². The molecule has 0 spiro atoms. The SMILES string of the molecule is COc1ccc(C(C)O)c(OC(C)C(=O)NC2CC2)c1. The molecule has 2 atom stereocenters. The van der Waals surface area contributed by atoms with E-state index in [1.807, 2.05) is 0 Å². The molecule has 1 amide bonds. The molecule has 2 N–H and O–H groups in total. The Hall–Kier alpha value is -1.75. The second kappa shape index (κ2) is 6.13. The number of nitrogens with one attached hydrogen (secondary N) is 1. The van der Waals surface area contributed by atoms with Crippen LogP contribution in [0.5, 0.6) is 11.5 Å². The Morgan fingerprint density at radius 3 is 2.65 bits per heavy atom. The molecule has 20 heavy (non-hydrogen) atoms. The summed E-state index contributed by atoms with van der Waals surface area (Å²) >= 11 is 0. The molecular formula is C15H21NO4. The number of rotatable bonds is 6. The van der Waals surface area contributed by atoms with Crippen molar-refractivity contribution >= 4 is 5.91 Å². The van der Waals surface area contributed by atoms with Crippen LogP contribution in [0.2, 0.25) is 0 Å². The number of aliphatic hydroxyl groups excluding tert-OH is 1. The van der Waals surface area contributed by atoms with E-state index in [1.54, 1.807) is 39.2 Å². The highest BCUT2D eigenvalue weighted by Crippen LogP contribution is 2.30. The van der Waals surface area contributed by atoms with Gasteiger partial charge in [0.15, 0.2) is 6.10 Å². The number of carbonyl (C=O) groups is 1.